The zero-order valence-corrected chi connectivity index (χ0v) is 26.5. The molecule has 0 spiro atoms. The van der Waals surface area contributed by atoms with Crippen LogP contribution in [-0.4, -0.2) is 74.9 Å². The summed E-state index contributed by atoms with van der Waals surface area (Å²) in [6.45, 7) is 5.55. The van der Waals surface area contributed by atoms with Crippen LogP contribution >= 0.6 is 0 Å². The third kappa shape index (κ3) is 7.00. The number of nitrogens with one attached hydrogen (secondary N) is 4. The van der Waals surface area contributed by atoms with E-state index in [1.807, 2.05) is 48.5 Å². The molecule has 47 heavy (non-hydrogen) atoms. The number of H-pyrrole nitrogens is 1. The van der Waals surface area contributed by atoms with Crippen LogP contribution in [0.3, 0.4) is 0 Å². The number of anilines is 2. The summed E-state index contributed by atoms with van der Waals surface area (Å²) < 4.78 is 0. The normalized spacial score (nSPS) is 18.7. The van der Waals surface area contributed by atoms with E-state index in [0.29, 0.717) is 36.7 Å². The van der Waals surface area contributed by atoms with E-state index < -0.39 is 24.1 Å². The lowest BCUT2D eigenvalue weighted by molar-refractivity contribution is -0.138. The lowest BCUT2D eigenvalue weighted by Crippen LogP contribution is -2.48. The van der Waals surface area contributed by atoms with Crippen molar-refractivity contribution in [2.45, 2.75) is 63.7 Å². The van der Waals surface area contributed by atoms with Gasteiger partial charge in [-0.2, -0.15) is 0 Å². The maximum atomic E-state index is 13.5. The van der Waals surface area contributed by atoms with Crippen molar-refractivity contribution in [2.75, 3.05) is 23.7 Å². The van der Waals surface area contributed by atoms with Crippen LogP contribution in [-0.2, 0) is 14.4 Å². The van der Waals surface area contributed by atoms with Crippen LogP contribution in [0.5, 0.6) is 0 Å². The maximum Gasteiger partial charge on any atom is 0.405 e. The minimum atomic E-state index is -1.31. The van der Waals surface area contributed by atoms with Gasteiger partial charge in [0.1, 0.15) is 12.1 Å². The predicted octanol–water partition coefficient (Wildman–Crippen LogP) is 5.58. The first kappa shape index (κ1) is 31.8. The highest BCUT2D eigenvalue weighted by molar-refractivity contribution is 6.00. The molecule has 4 amide bonds. The maximum absolute atomic E-state index is 13.5. The van der Waals surface area contributed by atoms with Gasteiger partial charge in [0.05, 0.1) is 6.04 Å². The zero-order chi connectivity index (χ0) is 33.1. The highest BCUT2D eigenvalue weighted by Gasteiger charge is 2.38. The minimum Gasteiger partial charge on any atom is -0.465 e. The average Bonchev–Trinajstić information content (AvgIpc) is 3.84. The number of fused-ring (bicyclic) bond motifs is 1. The van der Waals surface area contributed by atoms with Crippen LogP contribution in [0.25, 0.3) is 22.2 Å². The summed E-state index contributed by atoms with van der Waals surface area (Å²) in [4.78, 5) is 58.5. The molecule has 6 rings (SSSR count). The first-order valence-electron chi connectivity index (χ1n) is 16.1. The van der Waals surface area contributed by atoms with E-state index in [1.165, 1.54) is 4.90 Å². The Bertz CT molecular complexity index is 1770. The average molecular weight is 637 g/mol. The van der Waals surface area contributed by atoms with Gasteiger partial charge in [-0.15, -0.1) is 0 Å². The van der Waals surface area contributed by atoms with Gasteiger partial charge in [-0.25, -0.2) is 4.79 Å². The SMILES string of the molecule is CC(C)N1CCC[C@H]1C(=O)Nc1ccc(-c2cc3cc(NC(=O)[C@@H]4CCCN4C(=O)C(NC(=O)O)c4ccccc4)ccc3[nH]2)cc1. The Morgan fingerprint density at radius 3 is 2.19 bits per heavy atom. The highest BCUT2D eigenvalue weighted by atomic mass is 16.4. The van der Waals surface area contributed by atoms with Gasteiger partial charge in [-0.05, 0) is 93.6 Å². The molecular weight excluding hydrogens is 596 g/mol. The van der Waals surface area contributed by atoms with Crippen LogP contribution in [0.4, 0.5) is 16.2 Å². The molecule has 0 aliphatic carbocycles. The molecule has 5 N–H and O–H groups in total. The fraction of sp³-hybridized carbons (Fsp3) is 0.333. The predicted molar refractivity (Wildman–Crippen MR) is 181 cm³/mol. The molecule has 244 valence electrons. The standard InChI is InChI=1S/C36H40N6O5/c1-22(2)41-18-6-10-30(41)33(43)37-26-14-12-23(13-15-26)29-21-25-20-27(16-17-28(25)39-29)38-34(44)31-11-7-19-42(31)35(45)32(40-36(46)47)24-8-4-3-5-9-24/h3-5,8-9,12-17,20-22,30-32,39-40H,6-7,10-11,18-19H2,1-2H3,(H,37,43)(H,38,44)(H,46,47)/t30-,31-,32?/m0/s1. The fourth-order valence-electron chi connectivity index (χ4n) is 6.76. The van der Waals surface area contributed by atoms with Crippen LogP contribution in [0.2, 0.25) is 0 Å². The molecule has 4 aromatic rings. The largest absolute Gasteiger partial charge is 0.465 e. The molecule has 3 atom stereocenters. The van der Waals surface area contributed by atoms with Gasteiger partial charge in [0.15, 0.2) is 0 Å². The number of likely N-dealkylation sites (tertiary alicyclic amines) is 2. The molecule has 0 bridgehead atoms. The summed E-state index contributed by atoms with van der Waals surface area (Å²) in [6, 6.07) is 22.4. The van der Waals surface area contributed by atoms with Gasteiger partial charge in [-0.3, -0.25) is 19.3 Å². The number of carbonyl (C=O) groups excluding carboxylic acids is 3. The highest BCUT2D eigenvalue weighted by Crippen LogP contribution is 2.29. The molecule has 1 aromatic heterocycles. The minimum absolute atomic E-state index is 0.0298. The van der Waals surface area contributed by atoms with E-state index in [0.717, 1.165) is 47.2 Å². The van der Waals surface area contributed by atoms with Crippen molar-refractivity contribution >= 4 is 46.1 Å². The van der Waals surface area contributed by atoms with Crippen LogP contribution in [0.1, 0.15) is 51.1 Å². The van der Waals surface area contributed by atoms with Gasteiger partial charge < -0.3 is 30.9 Å². The summed E-state index contributed by atoms with van der Waals surface area (Å²) >= 11 is 0. The van der Waals surface area contributed by atoms with Gasteiger partial charge in [0.25, 0.3) is 5.91 Å². The van der Waals surface area contributed by atoms with E-state index in [1.54, 1.807) is 30.3 Å². The lowest BCUT2D eigenvalue weighted by atomic mass is 10.0. The van der Waals surface area contributed by atoms with Crippen molar-refractivity contribution in [3.8, 4) is 11.3 Å². The Labute approximate surface area is 273 Å². The van der Waals surface area contributed by atoms with Gasteiger partial charge >= 0.3 is 6.09 Å². The Morgan fingerprint density at radius 1 is 0.809 bits per heavy atom. The molecular formula is C36H40N6O5. The summed E-state index contributed by atoms with van der Waals surface area (Å²) in [5.41, 5.74) is 4.61. The molecule has 2 aliphatic rings. The van der Waals surface area contributed by atoms with Crippen LogP contribution in [0, 0.1) is 0 Å². The molecule has 11 nitrogen and oxygen atoms in total. The van der Waals surface area contributed by atoms with Crippen molar-refractivity contribution in [1.82, 2.24) is 20.1 Å². The smallest absolute Gasteiger partial charge is 0.405 e. The number of carbonyl (C=O) groups is 4. The van der Waals surface area contributed by atoms with E-state index in [-0.39, 0.29) is 17.9 Å². The molecule has 2 saturated heterocycles. The third-order valence-electron chi connectivity index (χ3n) is 9.10. The van der Waals surface area contributed by atoms with Gasteiger partial charge in [-0.1, -0.05) is 42.5 Å². The summed E-state index contributed by atoms with van der Waals surface area (Å²) in [6.07, 6.45) is 1.71. The number of carboxylic acid groups (broad SMARTS) is 1. The lowest BCUT2D eigenvalue weighted by Gasteiger charge is -2.28. The molecule has 3 heterocycles. The van der Waals surface area contributed by atoms with Crippen LogP contribution in [0.15, 0.2) is 78.9 Å². The number of aromatic amines is 1. The Balaban J connectivity index is 1.12. The van der Waals surface area contributed by atoms with Gasteiger partial charge in [0.2, 0.25) is 11.8 Å². The Morgan fingerprint density at radius 2 is 1.47 bits per heavy atom. The number of hydrogen-bond acceptors (Lipinski definition) is 5. The van der Waals surface area contributed by atoms with Crippen LogP contribution < -0.4 is 16.0 Å². The van der Waals surface area contributed by atoms with Gasteiger partial charge in [0, 0.05) is 40.6 Å². The topological polar surface area (TPSA) is 147 Å². The quantitative estimate of drug-likeness (QED) is 0.162. The Kier molecular flexibility index (Phi) is 9.26. The number of benzene rings is 3. The summed E-state index contributed by atoms with van der Waals surface area (Å²) in [5.74, 6) is -0.745. The molecule has 0 saturated carbocycles. The number of aromatic nitrogens is 1. The summed E-state index contributed by atoms with van der Waals surface area (Å²) in [5, 5.41) is 18.6. The second-order valence-electron chi connectivity index (χ2n) is 12.5. The van der Waals surface area contributed by atoms with Crippen molar-refractivity contribution in [1.29, 1.82) is 0 Å². The van der Waals surface area contributed by atoms with Crippen molar-refractivity contribution in [2.24, 2.45) is 0 Å². The number of hydrogen-bond donors (Lipinski definition) is 5. The van der Waals surface area contributed by atoms with E-state index >= 15 is 0 Å². The van der Waals surface area contributed by atoms with E-state index in [2.05, 4.69) is 39.7 Å². The second kappa shape index (κ2) is 13.7. The molecule has 1 unspecified atom stereocenters. The monoisotopic (exact) mass is 636 g/mol. The first-order valence-corrected chi connectivity index (χ1v) is 16.1. The van der Waals surface area contributed by atoms with E-state index in [4.69, 9.17) is 0 Å². The third-order valence-corrected chi connectivity index (χ3v) is 9.10. The fourth-order valence-corrected chi connectivity index (χ4v) is 6.76. The number of amides is 4. The number of nitrogens with zero attached hydrogens (tertiary/aromatic N) is 2. The molecule has 0 radical (unpaired) electrons. The second-order valence-corrected chi connectivity index (χ2v) is 12.5. The van der Waals surface area contributed by atoms with Crippen molar-refractivity contribution < 1.29 is 24.3 Å². The molecule has 2 aliphatic heterocycles. The van der Waals surface area contributed by atoms with Crippen molar-refractivity contribution in [3.63, 3.8) is 0 Å². The first-order chi connectivity index (χ1) is 22.7. The number of rotatable bonds is 9. The van der Waals surface area contributed by atoms with Crippen molar-refractivity contribution in [3.05, 3.63) is 84.4 Å². The summed E-state index contributed by atoms with van der Waals surface area (Å²) in [7, 11) is 0. The Hall–Kier alpha value is -5.16. The zero-order valence-electron chi connectivity index (χ0n) is 26.5. The molecule has 2 fully saturated rings. The molecule has 3 aromatic carbocycles. The van der Waals surface area contributed by atoms with E-state index in [9.17, 15) is 24.3 Å². The molecule has 11 heteroatoms.